The molecule has 3 rings (SSSR count). The molecular weight excluding hydrogens is 366 g/mol. The fraction of sp³-hybridized carbons (Fsp3) is 0.316. The van der Waals surface area contributed by atoms with Gasteiger partial charge in [-0.25, -0.2) is 13.2 Å². The number of methoxy groups -OCH3 is 1. The van der Waals surface area contributed by atoms with Crippen LogP contribution in [0.15, 0.2) is 53.4 Å². The molecule has 144 valence electrons. The number of hydrogen-bond donors (Lipinski definition) is 2. The number of hydrogen-bond acceptors (Lipinski definition) is 5. The predicted molar refractivity (Wildman–Crippen MR) is 104 cm³/mol. The first-order chi connectivity index (χ1) is 12.9. The average molecular weight is 390 g/mol. The number of nitrogens with zero attached hydrogens (tertiary/aromatic N) is 1. The molecule has 7 nitrogen and oxygen atoms in total. The van der Waals surface area contributed by atoms with Crippen LogP contribution in [0.1, 0.15) is 10.4 Å². The third-order valence-corrected chi connectivity index (χ3v) is 6.12. The molecule has 0 amide bonds. The van der Waals surface area contributed by atoms with E-state index < -0.39 is 16.0 Å². The summed E-state index contributed by atoms with van der Waals surface area (Å²) in [6.45, 7) is 4.12. The van der Waals surface area contributed by atoms with Gasteiger partial charge >= 0.3 is 5.97 Å². The quantitative estimate of drug-likeness (QED) is 0.732. The van der Waals surface area contributed by atoms with Gasteiger partial charge < -0.3 is 14.5 Å². The molecule has 2 N–H and O–H groups in total. The van der Waals surface area contributed by atoms with Crippen molar-refractivity contribution in [2.75, 3.05) is 50.0 Å². The maximum atomic E-state index is 12.7. The summed E-state index contributed by atoms with van der Waals surface area (Å²) in [5.41, 5.74) is 1.52. The van der Waals surface area contributed by atoms with Crippen LogP contribution >= 0.6 is 0 Å². The first kappa shape index (κ1) is 19.2. The van der Waals surface area contributed by atoms with Crippen LogP contribution < -0.4 is 14.5 Å². The van der Waals surface area contributed by atoms with E-state index in [1.54, 1.807) is 24.3 Å². The van der Waals surface area contributed by atoms with Crippen molar-refractivity contribution >= 4 is 27.4 Å². The predicted octanol–water partition coefficient (Wildman–Crippen LogP) is 0.609. The summed E-state index contributed by atoms with van der Waals surface area (Å²) in [6.07, 6.45) is 0. The number of rotatable bonds is 5. The van der Waals surface area contributed by atoms with Crippen LogP contribution in [-0.4, -0.2) is 54.7 Å². The van der Waals surface area contributed by atoms with E-state index >= 15 is 0 Å². The van der Waals surface area contributed by atoms with Crippen LogP contribution in [0.4, 0.5) is 11.4 Å². The Hall–Kier alpha value is -2.58. The topological polar surface area (TPSA) is 80.1 Å². The second-order valence-corrected chi connectivity index (χ2v) is 8.24. The van der Waals surface area contributed by atoms with Crippen molar-refractivity contribution in [1.29, 1.82) is 0 Å². The number of anilines is 2. The molecule has 1 aliphatic heterocycles. The maximum absolute atomic E-state index is 12.7. The molecule has 0 unspecified atom stereocenters. The van der Waals surface area contributed by atoms with Crippen molar-refractivity contribution < 1.29 is 22.8 Å². The molecule has 0 bridgehead atoms. The smallest absolute Gasteiger partial charge is 0.339 e. The third-order valence-electron chi connectivity index (χ3n) is 4.68. The van der Waals surface area contributed by atoms with Gasteiger partial charge in [0.15, 0.2) is 0 Å². The van der Waals surface area contributed by atoms with Gasteiger partial charge in [-0.1, -0.05) is 12.1 Å². The van der Waals surface area contributed by atoms with Gasteiger partial charge in [-0.05, 0) is 36.4 Å². The molecule has 8 heteroatoms. The first-order valence-corrected chi connectivity index (χ1v) is 10.3. The highest BCUT2D eigenvalue weighted by molar-refractivity contribution is 7.92. The third kappa shape index (κ3) is 4.40. The Morgan fingerprint density at radius 1 is 1.07 bits per heavy atom. The van der Waals surface area contributed by atoms with Gasteiger partial charge in [0.1, 0.15) is 4.90 Å². The molecule has 0 aromatic heterocycles. The molecule has 27 heavy (non-hydrogen) atoms. The maximum Gasteiger partial charge on any atom is 0.339 e. The Kier molecular flexibility index (Phi) is 5.67. The summed E-state index contributed by atoms with van der Waals surface area (Å²) in [4.78, 5) is 15.5. The van der Waals surface area contributed by atoms with Crippen LogP contribution in [0.2, 0.25) is 0 Å². The van der Waals surface area contributed by atoms with Crippen LogP contribution in [0.3, 0.4) is 0 Å². The Labute approximate surface area is 159 Å². The second-order valence-electron chi connectivity index (χ2n) is 6.58. The molecule has 1 fully saturated rings. The fourth-order valence-corrected chi connectivity index (χ4v) is 4.33. The lowest BCUT2D eigenvalue weighted by Gasteiger charge is -2.31. The zero-order chi connectivity index (χ0) is 19.4. The highest BCUT2D eigenvalue weighted by Crippen LogP contribution is 2.23. The van der Waals surface area contributed by atoms with Crippen LogP contribution in [0.5, 0.6) is 0 Å². The number of carbonyl (C=O) groups excluding carboxylic acids is 1. The molecular formula is C19H24N3O4S+. The van der Waals surface area contributed by atoms with E-state index in [1.165, 1.54) is 24.1 Å². The van der Waals surface area contributed by atoms with Gasteiger partial charge in [0.05, 0.1) is 45.9 Å². The van der Waals surface area contributed by atoms with E-state index in [-0.39, 0.29) is 10.5 Å². The minimum absolute atomic E-state index is 0.00376. The Bertz CT molecular complexity index is 905. The molecule has 0 atom stereocenters. The van der Waals surface area contributed by atoms with E-state index in [1.807, 2.05) is 12.1 Å². The number of benzene rings is 2. The van der Waals surface area contributed by atoms with Crippen molar-refractivity contribution in [3.63, 3.8) is 0 Å². The average Bonchev–Trinajstić information content (AvgIpc) is 2.68. The number of quaternary nitrogens is 1. The number of sulfonamides is 1. The monoisotopic (exact) mass is 390 g/mol. The van der Waals surface area contributed by atoms with Crippen molar-refractivity contribution in [1.82, 2.24) is 0 Å². The van der Waals surface area contributed by atoms with Gasteiger partial charge in [-0.2, -0.15) is 0 Å². The highest BCUT2D eigenvalue weighted by atomic mass is 32.2. The fourth-order valence-electron chi connectivity index (χ4n) is 3.08. The molecule has 1 heterocycles. The number of esters is 1. The van der Waals surface area contributed by atoms with Gasteiger partial charge in [0.2, 0.25) is 0 Å². The Morgan fingerprint density at radius 2 is 1.70 bits per heavy atom. The Morgan fingerprint density at radius 3 is 2.33 bits per heavy atom. The Balaban J connectivity index is 1.78. The normalized spacial score (nSPS) is 15.4. The zero-order valence-electron chi connectivity index (χ0n) is 15.4. The molecule has 1 saturated heterocycles. The molecule has 0 spiro atoms. The van der Waals surface area contributed by atoms with Crippen molar-refractivity contribution in [3.05, 3.63) is 54.1 Å². The summed E-state index contributed by atoms with van der Waals surface area (Å²) < 4.78 is 32.7. The molecule has 0 radical (unpaired) electrons. The summed E-state index contributed by atoms with van der Waals surface area (Å²) in [5, 5.41) is 0. The lowest BCUT2D eigenvalue weighted by atomic mass is 10.2. The van der Waals surface area contributed by atoms with E-state index in [0.29, 0.717) is 5.69 Å². The van der Waals surface area contributed by atoms with Crippen LogP contribution in [-0.2, 0) is 14.8 Å². The summed E-state index contributed by atoms with van der Waals surface area (Å²) >= 11 is 0. The van der Waals surface area contributed by atoms with E-state index in [4.69, 9.17) is 0 Å². The lowest BCUT2D eigenvalue weighted by molar-refractivity contribution is -0.880. The van der Waals surface area contributed by atoms with E-state index in [0.717, 1.165) is 31.9 Å². The van der Waals surface area contributed by atoms with Crippen LogP contribution in [0.25, 0.3) is 0 Å². The summed E-state index contributed by atoms with van der Waals surface area (Å²) in [6, 6.07) is 13.3. The van der Waals surface area contributed by atoms with Crippen molar-refractivity contribution in [2.24, 2.45) is 0 Å². The van der Waals surface area contributed by atoms with Crippen molar-refractivity contribution in [3.8, 4) is 0 Å². The second kappa shape index (κ2) is 7.98. The summed E-state index contributed by atoms with van der Waals surface area (Å²) in [7, 11) is -0.510. The van der Waals surface area contributed by atoms with Gasteiger partial charge in [-0.3, -0.25) is 4.72 Å². The first-order valence-electron chi connectivity index (χ1n) is 8.77. The minimum Gasteiger partial charge on any atom is -0.465 e. The van der Waals surface area contributed by atoms with Crippen LogP contribution in [0, 0.1) is 0 Å². The molecule has 1 aliphatic rings. The van der Waals surface area contributed by atoms with Crippen molar-refractivity contribution in [2.45, 2.75) is 4.90 Å². The number of ether oxygens (including phenoxy) is 1. The lowest BCUT2D eigenvalue weighted by Crippen LogP contribution is -3.12. The molecule has 2 aromatic carbocycles. The summed E-state index contributed by atoms with van der Waals surface area (Å²) in [5.74, 6) is -0.691. The minimum atomic E-state index is -3.91. The largest absolute Gasteiger partial charge is 0.465 e. The number of likely N-dealkylation sites (N-methyl/N-ethyl adjacent to an activating group) is 1. The standard InChI is InChI=1S/C19H23N3O4S/c1-21-11-13-22(14-12-21)16-9-7-15(8-10-16)20-27(24,25)18-6-4-3-5-17(18)19(23)26-2/h3-10,20H,11-14H2,1-2H3/p+1. The number of piperazine rings is 1. The number of carbonyl (C=O) groups is 1. The van der Waals surface area contributed by atoms with Gasteiger partial charge in [0.25, 0.3) is 10.0 Å². The highest BCUT2D eigenvalue weighted by Gasteiger charge is 2.23. The van der Waals surface area contributed by atoms with E-state index in [2.05, 4.69) is 21.4 Å². The van der Waals surface area contributed by atoms with E-state index in [9.17, 15) is 13.2 Å². The van der Waals surface area contributed by atoms with Gasteiger partial charge in [-0.15, -0.1) is 0 Å². The zero-order valence-corrected chi connectivity index (χ0v) is 16.3. The van der Waals surface area contributed by atoms with Gasteiger partial charge in [0, 0.05) is 11.4 Å². The SMILES string of the molecule is COC(=O)c1ccccc1S(=O)(=O)Nc1ccc(N2CC[NH+](C)CC2)cc1. The molecule has 2 aromatic rings. The molecule has 0 saturated carbocycles. The molecule has 0 aliphatic carbocycles. The number of nitrogens with one attached hydrogen (secondary N) is 2.